The summed E-state index contributed by atoms with van der Waals surface area (Å²) in [5.74, 6) is 0.408. The van der Waals surface area contributed by atoms with Gasteiger partial charge in [0.15, 0.2) is 0 Å². The number of carbonyl (C=O) groups excluding carboxylic acids is 2. The fourth-order valence-electron chi connectivity index (χ4n) is 4.24. The lowest BCUT2D eigenvalue weighted by Gasteiger charge is -2.39. The van der Waals surface area contributed by atoms with Gasteiger partial charge < -0.3 is 19.7 Å². The maximum absolute atomic E-state index is 13.7. The number of amides is 2. The fourth-order valence-corrected chi connectivity index (χ4v) is 4.24. The van der Waals surface area contributed by atoms with Crippen molar-refractivity contribution in [3.63, 3.8) is 0 Å². The zero-order valence-corrected chi connectivity index (χ0v) is 18.4. The van der Waals surface area contributed by atoms with E-state index in [1.165, 1.54) is 0 Å². The molecule has 6 nitrogen and oxygen atoms in total. The molecule has 2 amide bonds. The Morgan fingerprint density at radius 2 is 1.69 bits per heavy atom. The second kappa shape index (κ2) is 9.14. The lowest BCUT2D eigenvalue weighted by atomic mass is 9.79. The Morgan fingerprint density at radius 3 is 2.41 bits per heavy atom. The second-order valence-electron chi connectivity index (χ2n) is 7.62. The van der Waals surface area contributed by atoms with Crippen molar-refractivity contribution >= 4 is 17.5 Å². The van der Waals surface area contributed by atoms with Crippen LogP contribution in [0.1, 0.15) is 40.4 Å². The van der Waals surface area contributed by atoms with Crippen molar-refractivity contribution in [2.45, 2.75) is 18.9 Å². The zero-order chi connectivity index (χ0) is 22.7. The monoisotopic (exact) mass is 430 g/mol. The number of anilines is 1. The molecule has 0 bridgehead atoms. The topological polar surface area (TPSA) is 67.9 Å². The van der Waals surface area contributed by atoms with E-state index < -0.39 is 12.0 Å². The Hall–Kier alpha value is -3.80. The van der Waals surface area contributed by atoms with Gasteiger partial charge in [0.2, 0.25) is 5.91 Å². The summed E-state index contributed by atoms with van der Waals surface area (Å²) >= 11 is 0. The Balaban J connectivity index is 1.78. The summed E-state index contributed by atoms with van der Waals surface area (Å²) in [7, 11) is 3.34. The Bertz CT molecular complexity index is 1130. The van der Waals surface area contributed by atoms with Crippen molar-refractivity contribution in [3.8, 4) is 11.5 Å². The average Bonchev–Trinajstić information content (AvgIpc) is 2.82. The van der Waals surface area contributed by atoms with E-state index >= 15 is 0 Å². The molecule has 1 aliphatic heterocycles. The molecule has 32 heavy (non-hydrogen) atoms. The number of methoxy groups -OCH3 is 1. The lowest BCUT2D eigenvalue weighted by molar-refractivity contribution is -0.119. The van der Waals surface area contributed by atoms with Gasteiger partial charge in [-0.1, -0.05) is 42.5 Å². The second-order valence-corrected chi connectivity index (χ2v) is 7.62. The number of hydrogen-bond donors (Lipinski definition) is 1. The number of ether oxygens (including phenoxy) is 2. The van der Waals surface area contributed by atoms with Crippen molar-refractivity contribution < 1.29 is 19.1 Å². The maximum atomic E-state index is 13.7. The number of benzene rings is 3. The standard InChI is InChI=1S/C26H26N2O4/c1-4-32-22-12-8-7-11-21(22)27-25(29)23-19-9-5-6-10-20(19)26(30)28(2)24(23)17-13-15-18(31-3)16-14-17/h5-16,23-24H,4H2,1-3H3,(H,27,29)/t23-,24+/m1/s1. The molecule has 0 saturated carbocycles. The molecule has 3 aromatic rings. The molecule has 0 unspecified atom stereocenters. The molecule has 4 rings (SSSR count). The third-order valence-corrected chi connectivity index (χ3v) is 5.76. The highest BCUT2D eigenvalue weighted by Gasteiger charge is 2.42. The Labute approximate surface area is 187 Å². The number of rotatable bonds is 6. The number of nitrogens with one attached hydrogen (secondary N) is 1. The van der Waals surface area contributed by atoms with Gasteiger partial charge in [-0.3, -0.25) is 9.59 Å². The van der Waals surface area contributed by atoms with Gasteiger partial charge in [0, 0.05) is 12.6 Å². The molecule has 0 spiro atoms. The zero-order valence-electron chi connectivity index (χ0n) is 18.4. The van der Waals surface area contributed by atoms with Crippen molar-refractivity contribution in [1.29, 1.82) is 0 Å². The molecule has 6 heteroatoms. The van der Waals surface area contributed by atoms with Crippen molar-refractivity contribution in [2.24, 2.45) is 0 Å². The summed E-state index contributed by atoms with van der Waals surface area (Å²) in [6.45, 7) is 2.39. The van der Waals surface area contributed by atoms with Crippen LogP contribution in [0.3, 0.4) is 0 Å². The van der Waals surface area contributed by atoms with Gasteiger partial charge in [-0.2, -0.15) is 0 Å². The van der Waals surface area contributed by atoms with Crippen molar-refractivity contribution in [2.75, 3.05) is 26.1 Å². The van der Waals surface area contributed by atoms with E-state index in [1.807, 2.05) is 73.7 Å². The molecule has 0 fully saturated rings. The van der Waals surface area contributed by atoms with Crippen LogP contribution < -0.4 is 14.8 Å². The number of para-hydroxylation sites is 2. The van der Waals surface area contributed by atoms with E-state index in [-0.39, 0.29) is 11.8 Å². The predicted molar refractivity (Wildman–Crippen MR) is 123 cm³/mol. The molecule has 0 radical (unpaired) electrons. The van der Waals surface area contributed by atoms with Crippen LogP contribution in [0, 0.1) is 0 Å². The summed E-state index contributed by atoms with van der Waals surface area (Å²) in [4.78, 5) is 28.5. The molecule has 1 heterocycles. The van der Waals surface area contributed by atoms with Gasteiger partial charge in [-0.05, 0) is 48.4 Å². The summed E-state index contributed by atoms with van der Waals surface area (Å²) < 4.78 is 11.0. The number of likely N-dealkylation sites (N-methyl/N-ethyl adjacent to an activating group) is 1. The van der Waals surface area contributed by atoms with Crippen LogP contribution in [0.25, 0.3) is 0 Å². The summed E-state index contributed by atoms with van der Waals surface area (Å²) in [5, 5.41) is 3.04. The molecule has 1 N–H and O–H groups in total. The highest BCUT2D eigenvalue weighted by molar-refractivity contribution is 6.04. The number of fused-ring (bicyclic) bond motifs is 1. The molecule has 0 aromatic heterocycles. The summed E-state index contributed by atoms with van der Waals surface area (Å²) in [5.41, 5.74) is 2.71. The minimum Gasteiger partial charge on any atom is -0.497 e. The summed E-state index contributed by atoms with van der Waals surface area (Å²) in [6, 6.07) is 21.7. The molecule has 2 atom stereocenters. The van der Waals surface area contributed by atoms with Crippen LogP contribution in [-0.2, 0) is 4.79 Å². The van der Waals surface area contributed by atoms with E-state index in [4.69, 9.17) is 9.47 Å². The number of carbonyl (C=O) groups is 2. The predicted octanol–water partition coefficient (Wildman–Crippen LogP) is 4.64. The van der Waals surface area contributed by atoms with Crippen LogP contribution in [0.4, 0.5) is 5.69 Å². The minimum atomic E-state index is -0.600. The number of nitrogens with zero attached hydrogens (tertiary/aromatic N) is 1. The normalized spacial score (nSPS) is 17.5. The van der Waals surface area contributed by atoms with Gasteiger partial charge in [0.05, 0.1) is 31.4 Å². The van der Waals surface area contributed by atoms with Gasteiger partial charge in [-0.25, -0.2) is 0 Å². The lowest BCUT2D eigenvalue weighted by Crippen LogP contribution is -2.44. The first kappa shape index (κ1) is 21.4. The van der Waals surface area contributed by atoms with E-state index in [0.717, 1.165) is 5.56 Å². The van der Waals surface area contributed by atoms with Gasteiger partial charge in [-0.15, -0.1) is 0 Å². The SMILES string of the molecule is CCOc1ccccc1NC(=O)[C@@H]1c2ccccc2C(=O)N(C)[C@H]1c1ccc(OC)cc1. The van der Waals surface area contributed by atoms with Gasteiger partial charge >= 0.3 is 0 Å². The van der Waals surface area contributed by atoms with Crippen molar-refractivity contribution in [1.82, 2.24) is 4.90 Å². The quantitative estimate of drug-likeness (QED) is 0.619. The maximum Gasteiger partial charge on any atom is 0.254 e. The molecule has 0 aliphatic carbocycles. The Morgan fingerprint density at radius 1 is 1.00 bits per heavy atom. The first-order chi connectivity index (χ1) is 15.5. The third-order valence-electron chi connectivity index (χ3n) is 5.76. The van der Waals surface area contributed by atoms with E-state index in [0.29, 0.717) is 34.9 Å². The molecule has 1 aliphatic rings. The van der Waals surface area contributed by atoms with Crippen LogP contribution in [0.2, 0.25) is 0 Å². The fraction of sp³-hybridized carbons (Fsp3) is 0.231. The van der Waals surface area contributed by atoms with Crippen LogP contribution in [0.5, 0.6) is 11.5 Å². The molecule has 3 aromatic carbocycles. The van der Waals surface area contributed by atoms with E-state index in [1.54, 1.807) is 25.1 Å². The molecular formula is C26H26N2O4. The molecule has 164 valence electrons. The Kier molecular flexibility index (Phi) is 6.12. The molecule has 0 saturated heterocycles. The highest BCUT2D eigenvalue weighted by atomic mass is 16.5. The van der Waals surface area contributed by atoms with Gasteiger partial charge in [0.1, 0.15) is 11.5 Å². The first-order valence-electron chi connectivity index (χ1n) is 10.6. The first-order valence-corrected chi connectivity index (χ1v) is 10.6. The highest BCUT2D eigenvalue weighted by Crippen LogP contribution is 2.43. The summed E-state index contributed by atoms with van der Waals surface area (Å²) in [6.07, 6.45) is 0. The number of hydrogen-bond acceptors (Lipinski definition) is 4. The van der Waals surface area contributed by atoms with Crippen LogP contribution in [-0.4, -0.2) is 37.5 Å². The third kappa shape index (κ3) is 3.91. The van der Waals surface area contributed by atoms with E-state index in [2.05, 4.69) is 5.32 Å². The van der Waals surface area contributed by atoms with Gasteiger partial charge in [0.25, 0.3) is 5.91 Å². The average molecular weight is 431 g/mol. The smallest absolute Gasteiger partial charge is 0.254 e. The largest absolute Gasteiger partial charge is 0.497 e. The van der Waals surface area contributed by atoms with Crippen molar-refractivity contribution in [3.05, 3.63) is 89.5 Å². The van der Waals surface area contributed by atoms with Crippen LogP contribution in [0.15, 0.2) is 72.8 Å². The van der Waals surface area contributed by atoms with Crippen LogP contribution >= 0.6 is 0 Å². The van der Waals surface area contributed by atoms with E-state index in [9.17, 15) is 9.59 Å². The minimum absolute atomic E-state index is 0.111. The molecular weight excluding hydrogens is 404 g/mol.